The molecular weight excluding hydrogens is 403 g/mol. The van der Waals surface area contributed by atoms with Crippen LogP contribution in [-0.2, 0) is 55.1 Å². The predicted molar refractivity (Wildman–Crippen MR) is 89.4 cm³/mol. The molecule has 24 heavy (non-hydrogen) atoms. The van der Waals surface area contributed by atoms with Crippen LogP contribution in [0.1, 0.15) is 34.8 Å². The molecule has 0 fully saturated rings. The number of rotatable bonds is 5. The minimum absolute atomic E-state index is 0. The molecule has 1 aromatic rings. The van der Waals surface area contributed by atoms with Crippen LogP contribution in [0.4, 0.5) is 5.69 Å². The number of esters is 1. The second-order valence-corrected chi connectivity index (χ2v) is 6.61. The molecule has 0 bridgehead atoms. The van der Waals surface area contributed by atoms with Crippen LogP contribution in [0.2, 0.25) is 0 Å². The summed E-state index contributed by atoms with van der Waals surface area (Å²) >= 11 is 5.32. The largest absolute Gasteiger partial charge is 0.494 e. The van der Waals surface area contributed by atoms with Gasteiger partial charge in [-0.1, -0.05) is 6.92 Å². The molecule has 1 N–H and O–H groups in total. The number of aryl methyl sites for hydroxylation is 1. The molecule has 1 amide bonds. The van der Waals surface area contributed by atoms with Gasteiger partial charge in [0.15, 0.2) is 6.04 Å². The first kappa shape index (κ1) is 23.1. The van der Waals surface area contributed by atoms with Crippen LogP contribution in [0.25, 0.3) is 0 Å². The molecule has 127 valence electrons. The number of anilines is 1. The van der Waals surface area contributed by atoms with E-state index in [1.165, 1.54) is 13.2 Å². The van der Waals surface area contributed by atoms with Crippen LogP contribution in [0.5, 0.6) is 0 Å². The van der Waals surface area contributed by atoms with Crippen LogP contribution >= 0.6 is 0 Å². The third-order valence-corrected chi connectivity index (χ3v) is 3.81. The van der Waals surface area contributed by atoms with Gasteiger partial charge in [0.05, 0.1) is 44.1 Å². The van der Waals surface area contributed by atoms with Gasteiger partial charge in [-0.2, -0.15) is 5.26 Å². The fraction of sp³-hybridized carbons (Fsp3) is 0.438. The van der Waals surface area contributed by atoms with Crippen molar-refractivity contribution in [3.8, 4) is 6.07 Å². The maximum absolute atomic E-state index is 12.5. The smallest absolute Gasteiger partial charge is 0.340 e. The molecule has 0 aliphatic rings. The Morgan fingerprint density at radius 1 is 1.42 bits per heavy atom. The Balaban J connectivity index is 0.00000529. The summed E-state index contributed by atoms with van der Waals surface area (Å²) in [5.41, 5.74) is 1.44. The average Bonchev–Trinajstić information content (AvgIpc) is 2.47. The molecule has 6 nitrogen and oxygen atoms in total. The number of benzene rings is 1. The van der Waals surface area contributed by atoms with E-state index >= 15 is 0 Å². The maximum Gasteiger partial charge on any atom is 0.340 e. The summed E-state index contributed by atoms with van der Waals surface area (Å²) in [6, 6.07) is 4.56. The molecule has 0 saturated heterocycles. The standard InChI is InChI=1S/C16H21N3O3S.Y/c1-6-13(19(3,4)23)15(20)18-14-10(2)7-11(9-17)8-12(14)16(21)22-5;/h7-8,13H,6H2,1-5H3,(H,18,20);. The second kappa shape index (κ2) is 9.52. The number of nitrogens with zero attached hydrogens (tertiary/aromatic N) is 2. The summed E-state index contributed by atoms with van der Waals surface area (Å²) in [4.78, 5) is 24.5. The molecule has 0 aliphatic carbocycles. The third kappa shape index (κ3) is 5.56. The van der Waals surface area contributed by atoms with Crippen molar-refractivity contribution in [1.82, 2.24) is 0 Å². The first-order valence-corrected chi connectivity index (χ1v) is 7.50. The van der Waals surface area contributed by atoms with Gasteiger partial charge in [-0.15, -0.1) is 0 Å². The van der Waals surface area contributed by atoms with Gasteiger partial charge >= 0.3 is 5.97 Å². The monoisotopic (exact) mass is 424 g/mol. The van der Waals surface area contributed by atoms with Gasteiger partial charge in [0, 0.05) is 39.1 Å². The minimum Gasteiger partial charge on any atom is -0.494 e. The molecule has 1 aromatic carbocycles. The first-order chi connectivity index (χ1) is 10.6. The summed E-state index contributed by atoms with van der Waals surface area (Å²) in [5, 5.41) is 11.8. The van der Waals surface area contributed by atoms with Crippen molar-refractivity contribution in [2.75, 3.05) is 26.5 Å². The molecule has 0 spiro atoms. The van der Waals surface area contributed by atoms with Crippen LogP contribution in [0.15, 0.2) is 12.1 Å². The van der Waals surface area contributed by atoms with Gasteiger partial charge in [0.2, 0.25) is 0 Å². The zero-order valence-electron chi connectivity index (χ0n) is 14.5. The number of likely N-dealkylation sites (N-methyl/N-ethyl adjacent to an activating group) is 1. The van der Waals surface area contributed by atoms with Crippen LogP contribution in [-0.4, -0.2) is 43.0 Å². The fourth-order valence-electron chi connectivity index (χ4n) is 2.40. The summed E-state index contributed by atoms with van der Waals surface area (Å²) < 4.78 is 4.80. The Kier molecular flexibility index (Phi) is 9.15. The van der Waals surface area contributed by atoms with Crippen LogP contribution in [0, 0.1) is 18.3 Å². The number of amides is 1. The van der Waals surface area contributed by atoms with Crippen molar-refractivity contribution >= 4 is 30.4 Å². The SMILES string of the molecule is CCC(C(=O)Nc1c(C)cc(C#N)cc1C(=O)OC)[N+](C)(C)[S-].[Y]. The molecule has 0 aromatic heterocycles. The quantitative estimate of drug-likeness (QED) is 0.444. The summed E-state index contributed by atoms with van der Waals surface area (Å²) in [6.07, 6.45) is 0.561. The summed E-state index contributed by atoms with van der Waals surface area (Å²) in [7, 11) is 4.77. The van der Waals surface area contributed by atoms with Crippen molar-refractivity contribution in [3.05, 3.63) is 28.8 Å². The van der Waals surface area contributed by atoms with E-state index in [2.05, 4.69) is 5.32 Å². The summed E-state index contributed by atoms with van der Waals surface area (Å²) in [5.74, 6) is -0.883. The van der Waals surface area contributed by atoms with Gasteiger partial charge in [-0.05, 0) is 24.6 Å². The van der Waals surface area contributed by atoms with Gasteiger partial charge in [-0.25, -0.2) is 4.79 Å². The molecule has 0 aliphatic heterocycles. The number of methoxy groups -OCH3 is 1. The Hall–Kier alpha value is -0.936. The van der Waals surface area contributed by atoms with E-state index in [4.69, 9.17) is 22.8 Å². The molecule has 1 rings (SSSR count). The summed E-state index contributed by atoms with van der Waals surface area (Å²) in [6.45, 7) is 3.60. The Bertz CT molecular complexity index is 666. The van der Waals surface area contributed by atoms with E-state index in [0.29, 0.717) is 23.2 Å². The van der Waals surface area contributed by atoms with Crippen LogP contribution < -0.4 is 5.32 Å². The molecule has 1 radical (unpaired) electrons. The van der Waals surface area contributed by atoms with Crippen molar-refractivity contribution in [2.24, 2.45) is 0 Å². The van der Waals surface area contributed by atoms with Gasteiger partial charge in [-0.3, -0.25) is 4.79 Å². The molecule has 0 heterocycles. The Labute approximate surface area is 173 Å². The maximum atomic E-state index is 12.5. The number of ether oxygens (including phenoxy) is 1. The zero-order chi connectivity index (χ0) is 17.8. The van der Waals surface area contributed by atoms with E-state index in [9.17, 15) is 9.59 Å². The third-order valence-electron chi connectivity index (χ3n) is 3.56. The van der Waals surface area contributed by atoms with Crippen LogP contribution in [0.3, 0.4) is 0 Å². The van der Waals surface area contributed by atoms with Gasteiger partial charge in [0.25, 0.3) is 5.91 Å². The normalized spacial score (nSPS) is 11.7. The van der Waals surface area contributed by atoms with E-state index in [0.717, 1.165) is 0 Å². The van der Waals surface area contributed by atoms with Crippen molar-refractivity contribution in [2.45, 2.75) is 26.3 Å². The Morgan fingerprint density at radius 3 is 2.42 bits per heavy atom. The number of hydrogen-bond donors (Lipinski definition) is 1. The first-order valence-electron chi connectivity index (χ1n) is 7.14. The number of nitriles is 1. The molecule has 1 unspecified atom stereocenters. The number of carbonyl (C=O) groups is 2. The number of hydrogen-bond acceptors (Lipinski definition) is 5. The van der Waals surface area contributed by atoms with Gasteiger partial charge in [0.1, 0.15) is 0 Å². The number of quaternary nitrogens is 1. The molecular formula is C16H21N3O3SY. The van der Waals surface area contributed by atoms with Crippen molar-refractivity contribution in [3.63, 3.8) is 0 Å². The minimum atomic E-state index is -0.610. The van der Waals surface area contributed by atoms with E-state index in [1.54, 1.807) is 27.1 Å². The van der Waals surface area contributed by atoms with E-state index < -0.39 is 12.0 Å². The zero-order valence-corrected chi connectivity index (χ0v) is 18.2. The fourth-order valence-corrected chi connectivity index (χ4v) is 2.65. The van der Waals surface area contributed by atoms with E-state index in [1.807, 2.05) is 13.0 Å². The molecule has 0 saturated carbocycles. The van der Waals surface area contributed by atoms with Gasteiger partial charge < -0.3 is 26.8 Å². The van der Waals surface area contributed by atoms with E-state index in [-0.39, 0.29) is 48.1 Å². The molecule has 1 atom stereocenters. The second-order valence-electron chi connectivity index (χ2n) is 5.67. The number of carbonyl (C=O) groups excluding carboxylic acids is 2. The predicted octanol–water partition coefficient (Wildman–Crippen LogP) is 1.91. The van der Waals surface area contributed by atoms with Crippen molar-refractivity contribution in [1.29, 1.82) is 5.26 Å². The Morgan fingerprint density at radius 2 is 2.00 bits per heavy atom. The van der Waals surface area contributed by atoms with Crippen molar-refractivity contribution < 1.29 is 50.9 Å². The topological polar surface area (TPSA) is 79.2 Å². The molecule has 8 heteroatoms. The average molecular weight is 424 g/mol. The number of nitrogens with one attached hydrogen (secondary N) is 1.